The Morgan fingerprint density at radius 2 is 1.74 bits per heavy atom. The zero-order valence-electron chi connectivity index (χ0n) is 18.4. The van der Waals surface area contributed by atoms with E-state index in [0.717, 1.165) is 22.3 Å². The smallest absolute Gasteiger partial charge is 0.407 e. The van der Waals surface area contributed by atoms with Gasteiger partial charge in [-0.2, -0.15) is 5.10 Å². The summed E-state index contributed by atoms with van der Waals surface area (Å²) in [6.07, 6.45) is 1.95. The molecule has 4 rings (SSSR count). The fourth-order valence-corrected chi connectivity index (χ4v) is 4.01. The molecule has 0 unspecified atom stereocenters. The van der Waals surface area contributed by atoms with Crippen LogP contribution in [0.5, 0.6) is 0 Å². The number of nitrogens with one attached hydrogen (secondary N) is 2. The van der Waals surface area contributed by atoms with E-state index in [4.69, 9.17) is 14.6 Å². The Bertz CT molecular complexity index is 1160. The molecule has 0 saturated heterocycles. The number of carbonyl (C=O) groups excluding carboxylic acids is 2. The normalized spacial score (nSPS) is 13.0. The Labute approximate surface area is 195 Å². The Morgan fingerprint density at radius 1 is 1.09 bits per heavy atom. The average Bonchev–Trinajstić information content (AvgIpc) is 3.38. The maximum Gasteiger partial charge on any atom is 0.407 e. The molecule has 1 aliphatic rings. The minimum Gasteiger partial charge on any atom is -0.480 e. The summed E-state index contributed by atoms with van der Waals surface area (Å²) in [6, 6.07) is 15.0. The molecule has 176 valence electrons. The molecule has 3 aromatic rings. The summed E-state index contributed by atoms with van der Waals surface area (Å²) in [7, 11) is 1.41. The van der Waals surface area contributed by atoms with Crippen molar-refractivity contribution in [1.82, 2.24) is 15.1 Å². The summed E-state index contributed by atoms with van der Waals surface area (Å²) < 4.78 is 11.7. The number of ether oxygens (including phenoxy) is 2. The molecule has 2 amide bonds. The number of methoxy groups -OCH3 is 1. The molecule has 1 heterocycles. The molecule has 0 radical (unpaired) electrons. The molecule has 0 saturated carbocycles. The van der Waals surface area contributed by atoms with Crippen LogP contribution in [0.2, 0.25) is 0 Å². The molecular formula is C24H24N4O6. The number of alkyl carbamates (subject to hydrolysis) is 1. The van der Waals surface area contributed by atoms with Crippen molar-refractivity contribution in [2.45, 2.75) is 18.5 Å². The van der Waals surface area contributed by atoms with Crippen LogP contribution in [0.15, 0.2) is 60.9 Å². The van der Waals surface area contributed by atoms with E-state index in [1.165, 1.54) is 24.2 Å². The molecule has 0 aliphatic heterocycles. The van der Waals surface area contributed by atoms with Crippen LogP contribution < -0.4 is 10.6 Å². The van der Waals surface area contributed by atoms with E-state index < -0.39 is 24.0 Å². The molecule has 1 atom stereocenters. The van der Waals surface area contributed by atoms with E-state index in [1.54, 1.807) is 0 Å². The van der Waals surface area contributed by atoms with E-state index >= 15 is 0 Å². The van der Waals surface area contributed by atoms with E-state index in [9.17, 15) is 14.4 Å². The predicted molar refractivity (Wildman–Crippen MR) is 122 cm³/mol. The average molecular weight is 464 g/mol. The summed E-state index contributed by atoms with van der Waals surface area (Å²) in [4.78, 5) is 36.0. The monoisotopic (exact) mass is 464 g/mol. The maximum atomic E-state index is 12.6. The highest BCUT2D eigenvalue weighted by molar-refractivity contribution is 5.96. The van der Waals surface area contributed by atoms with Crippen molar-refractivity contribution in [1.29, 1.82) is 0 Å². The first-order valence-corrected chi connectivity index (χ1v) is 10.6. The molecule has 1 aliphatic carbocycles. The third kappa shape index (κ3) is 5.07. The summed E-state index contributed by atoms with van der Waals surface area (Å²) >= 11 is 0. The number of nitrogens with zero attached hydrogens (tertiary/aromatic N) is 2. The number of aliphatic carboxylic acids is 1. The van der Waals surface area contributed by atoms with E-state index in [1.807, 2.05) is 48.5 Å². The number of anilines is 1. The van der Waals surface area contributed by atoms with E-state index in [-0.39, 0.29) is 25.7 Å². The summed E-state index contributed by atoms with van der Waals surface area (Å²) in [5.41, 5.74) is 4.70. The molecule has 10 nitrogen and oxygen atoms in total. The number of amides is 2. The lowest BCUT2D eigenvalue weighted by molar-refractivity contribution is -0.137. The largest absolute Gasteiger partial charge is 0.480 e. The van der Waals surface area contributed by atoms with Gasteiger partial charge in [0.1, 0.15) is 19.2 Å². The fraction of sp³-hybridized carbons (Fsp3) is 0.250. The first kappa shape index (κ1) is 23.0. The SMILES string of the molecule is COC[C@H](NC(=O)OCC1c2ccccc2-c2ccccc21)C(=O)Nc1cnn(CC(=O)O)c1. The number of hydrogen-bond acceptors (Lipinski definition) is 6. The van der Waals surface area contributed by atoms with Crippen molar-refractivity contribution in [3.05, 3.63) is 72.1 Å². The summed E-state index contributed by atoms with van der Waals surface area (Å²) in [5, 5.41) is 17.8. The molecule has 34 heavy (non-hydrogen) atoms. The fourth-order valence-electron chi connectivity index (χ4n) is 4.01. The quantitative estimate of drug-likeness (QED) is 0.443. The number of hydrogen-bond donors (Lipinski definition) is 3. The lowest BCUT2D eigenvalue weighted by Crippen LogP contribution is -2.47. The van der Waals surface area contributed by atoms with Gasteiger partial charge in [-0.15, -0.1) is 0 Å². The Morgan fingerprint density at radius 3 is 2.35 bits per heavy atom. The van der Waals surface area contributed by atoms with E-state index in [0.29, 0.717) is 5.69 Å². The van der Waals surface area contributed by atoms with Crippen LogP contribution >= 0.6 is 0 Å². The first-order chi connectivity index (χ1) is 16.5. The van der Waals surface area contributed by atoms with Crippen molar-refractivity contribution < 1.29 is 29.0 Å². The second-order valence-electron chi connectivity index (χ2n) is 7.79. The number of carbonyl (C=O) groups is 3. The van der Waals surface area contributed by atoms with Crippen molar-refractivity contribution in [2.24, 2.45) is 0 Å². The van der Waals surface area contributed by atoms with Gasteiger partial charge in [-0.25, -0.2) is 4.79 Å². The van der Waals surface area contributed by atoms with Gasteiger partial charge in [0.25, 0.3) is 0 Å². The zero-order valence-corrected chi connectivity index (χ0v) is 18.4. The summed E-state index contributed by atoms with van der Waals surface area (Å²) in [6.45, 7) is -0.308. The number of fused-ring (bicyclic) bond motifs is 3. The Hall–Kier alpha value is -4.18. The van der Waals surface area contributed by atoms with Crippen molar-refractivity contribution >= 4 is 23.7 Å². The molecule has 2 aromatic carbocycles. The number of carboxylic acids is 1. The van der Waals surface area contributed by atoms with Crippen LogP contribution in [0, 0.1) is 0 Å². The lowest BCUT2D eigenvalue weighted by Gasteiger charge is -2.19. The molecule has 0 fully saturated rings. The van der Waals surface area contributed by atoms with Gasteiger partial charge < -0.3 is 25.2 Å². The van der Waals surface area contributed by atoms with Crippen LogP contribution in [0.3, 0.4) is 0 Å². The molecule has 0 bridgehead atoms. The highest BCUT2D eigenvalue weighted by atomic mass is 16.5. The molecule has 10 heteroatoms. The van der Waals surface area contributed by atoms with Gasteiger partial charge in [-0.1, -0.05) is 48.5 Å². The van der Waals surface area contributed by atoms with Gasteiger partial charge in [0.15, 0.2) is 0 Å². The maximum absolute atomic E-state index is 12.6. The molecule has 1 aromatic heterocycles. The Balaban J connectivity index is 1.37. The number of carboxylic acid groups (broad SMARTS) is 1. The van der Waals surface area contributed by atoms with Gasteiger partial charge in [0.05, 0.1) is 18.5 Å². The minimum absolute atomic E-state index is 0.0840. The second-order valence-corrected chi connectivity index (χ2v) is 7.79. The Kier molecular flexibility index (Phi) is 6.88. The van der Waals surface area contributed by atoms with Gasteiger partial charge in [0.2, 0.25) is 5.91 Å². The van der Waals surface area contributed by atoms with Gasteiger partial charge >= 0.3 is 12.1 Å². The number of benzene rings is 2. The molecular weight excluding hydrogens is 440 g/mol. The van der Waals surface area contributed by atoms with Crippen molar-refractivity contribution in [3.8, 4) is 11.1 Å². The van der Waals surface area contributed by atoms with Crippen LogP contribution in [-0.4, -0.2) is 59.2 Å². The van der Waals surface area contributed by atoms with Crippen molar-refractivity contribution in [2.75, 3.05) is 25.6 Å². The van der Waals surface area contributed by atoms with Gasteiger partial charge in [-0.05, 0) is 22.3 Å². The zero-order chi connectivity index (χ0) is 24.1. The first-order valence-electron chi connectivity index (χ1n) is 10.6. The van der Waals surface area contributed by atoms with Crippen LogP contribution in [-0.2, 0) is 25.6 Å². The van der Waals surface area contributed by atoms with Crippen LogP contribution in [0.4, 0.5) is 10.5 Å². The molecule has 0 spiro atoms. The standard InChI is InChI=1S/C24H24N4O6/c1-33-14-21(23(31)26-15-10-25-28(11-15)12-22(29)30)27-24(32)34-13-20-18-8-4-2-6-16(18)17-7-3-5-9-19(17)20/h2-11,20-21H,12-14H2,1H3,(H,26,31)(H,27,32)(H,29,30)/t21-/m0/s1. The molecule has 3 N–H and O–H groups in total. The van der Waals surface area contributed by atoms with Crippen LogP contribution in [0.1, 0.15) is 17.0 Å². The van der Waals surface area contributed by atoms with Gasteiger partial charge in [0, 0.05) is 19.2 Å². The third-order valence-corrected chi connectivity index (χ3v) is 5.48. The second kappa shape index (κ2) is 10.2. The third-order valence-electron chi connectivity index (χ3n) is 5.48. The topological polar surface area (TPSA) is 132 Å². The van der Waals surface area contributed by atoms with Crippen molar-refractivity contribution in [3.63, 3.8) is 0 Å². The number of aromatic nitrogens is 2. The minimum atomic E-state index is -1.06. The summed E-state index contributed by atoms with van der Waals surface area (Å²) in [5.74, 6) is -1.71. The van der Waals surface area contributed by atoms with Gasteiger partial charge in [-0.3, -0.25) is 14.3 Å². The lowest BCUT2D eigenvalue weighted by atomic mass is 9.98. The predicted octanol–water partition coefficient (Wildman–Crippen LogP) is 2.46. The van der Waals surface area contributed by atoms with Crippen LogP contribution in [0.25, 0.3) is 11.1 Å². The highest BCUT2D eigenvalue weighted by Gasteiger charge is 2.30. The van der Waals surface area contributed by atoms with E-state index in [2.05, 4.69) is 15.7 Å². The number of rotatable bonds is 9. The highest BCUT2D eigenvalue weighted by Crippen LogP contribution is 2.44.